The van der Waals surface area contributed by atoms with Crippen molar-refractivity contribution in [2.45, 2.75) is 26.2 Å². The zero-order chi connectivity index (χ0) is 8.55. The minimum absolute atomic E-state index is 0.387. The molecule has 0 aliphatic carbocycles. The SMILES string of the molecule is CCC(=O)C1CN2CCC1CC2. The maximum absolute atomic E-state index is 11.5. The van der Waals surface area contributed by atoms with Gasteiger partial charge in [-0.15, -0.1) is 0 Å². The van der Waals surface area contributed by atoms with Gasteiger partial charge in [0.1, 0.15) is 5.78 Å². The van der Waals surface area contributed by atoms with Crippen molar-refractivity contribution in [3.63, 3.8) is 0 Å². The summed E-state index contributed by atoms with van der Waals surface area (Å²) < 4.78 is 0. The van der Waals surface area contributed by atoms with E-state index in [4.69, 9.17) is 0 Å². The monoisotopic (exact) mass is 167 g/mol. The Morgan fingerprint density at radius 3 is 2.50 bits per heavy atom. The number of Topliss-reactive ketones (excluding diaryl/α,β-unsaturated/α-hetero) is 1. The Kier molecular flexibility index (Phi) is 2.18. The van der Waals surface area contributed by atoms with Crippen molar-refractivity contribution in [2.24, 2.45) is 11.8 Å². The van der Waals surface area contributed by atoms with Gasteiger partial charge >= 0.3 is 0 Å². The zero-order valence-corrected chi connectivity index (χ0v) is 7.75. The van der Waals surface area contributed by atoms with E-state index in [9.17, 15) is 4.79 Å². The summed E-state index contributed by atoms with van der Waals surface area (Å²) in [5.74, 6) is 1.60. The molecule has 0 aromatic carbocycles. The van der Waals surface area contributed by atoms with Gasteiger partial charge in [0, 0.05) is 18.9 Å². The summed E-state index contributed by atoms with van der Waals surface area (Å²) in [7, 11) is 0. The average Bonchev–Trinajstić information content (AvgIpc) is 2.18. The smallest absolute Gasteiger partial charge is 0.137 e. The van der Waals surface area contributed by atoms with Crippen LogP contribution in [0.4, 0.5) is 0 Å². The van der Waals surface area contributed by atoms with Gasteiger partial charge in [0.05, 0.1) is 0 Å². The molecule has 3 saturated heterocycles. The lowest BCUT2D eigenvalue weighted by molar-refractivity contribution is -0.128. The molecule has 0 radical (unpaired) electrons. The molecule has 3 fully saturated rings. The highest BCUT2D eigenvalue weighted by atomic mass is 16.1. The van der Waals surface area contributed by atoms with Crippen LogP contribution >= 0.6 is 0 Å². The number of rotatable bonds is 2. The highest BCUT2D eigenvalue weighted by molar-refractivity contribution is 5.81. The van der Waals surface area contributed by atoms with Gasteiger partial charge in [0.15, 0.2) is 0 Å². The topological polar surface area (TPSA) is 20.3 Å². The number of fused-ring (bicyclic) bond motifs is 3. The maximum Gasteiger partial charge on any atom is 0.137 e. The second-order valence-corrected chi connectivity index (χ2v) is 4.06. The van der Waals surface area contributed by atoms with Gasteiger partial charge < -0.3 is 4.90 Å². The van der Waals surface area contributed by atoms with Gasteiger partial charge in [-0.25, -0.2) is 0 Å². The van der Waals surface area contributed by atoms with E-state index in [1.54, 1.807) is 0 Å². The number of hydrogen-bond donors (Lipinski definition) is 0. The van der Waals surface area contributed by atoms with Crippen molar-refractivity contribution in [1.29, 1.82) is 0 Å². The molecule has 3 rings (SSSR count). The van der Waals surface area contributed by atoms with Crippen LogP contribution in [0.5, 0.6) is 0 Å². The number of piperidine rings is 3. The second-order valence-electron chi connectivity index (χ2n) is 4.06. The predicted octanol–water partition coefficient (Wildman–Crippen LogP) is 1.31. The second kappa shape index (κ2) is 3.17. The van der Waals surface area contributed by atoms with E-state index in [-0.39, 0.29) is 0 Å². The molecule has 3 aliphatic heterocycles. The first-order valence-electron chi connectivity index (χ1n) is 5.06. The number of hydrogen-bond acceptors (Lipinski definition) is 2. The molecule has 1 atom stereocenters. The van der Waals surface area contributed by atoms with Crippen molar-refractivity contribution in [3.8, 4) is 0 Å². The van der Waals surface area contributed by atoms with Crippen LogP contribution in [-0.2, 0) is 4.79 Å². The molecule has 1 unspecified atom stereocenters. The van der Waals surface area contributed by atoms with E-state index in [0.717, 1.165) is 18.9 Å². The molecule has 3 heterocycles. The number of carbonyl (C=O) groups is 1. The Morgan fingerprint density at radius 1 is 1.42 bits per heavy atom. The van der Waals surface area contributed by atoms with Crippen LogP contribution < -0.4 is 0 Å². The standard InChI is InChI=1S/C10H17NO/c1-2-10(12)9-7-11-5-3-8(9)4-6-11/h8-9H,2-7H2,1H3. The van der Waals surface area contributed by atoms with E-state index in [2.05, 4.69) is 4.90 Å². The first-order chi connectivity index (χ1) is 5.81. The van der Waals surface area contributed by atoms with Crippen molar-refractivity contribution >= 4 is 5.78 Å². The Morgan fingerprint density at radius 2 is 2.08 bits per heavy atom. The minimum Gasteiger partial charge on any atom is -0.303 e. The Bertz CT molecular complexity index is 182. The summed E-state index contributed by atoms with van der Waals surface area (Å²) in [6.07, 6.45) is 3.25. The summed E-state index contributed by atoms with van der Waals surface area (Å²) in [4.78, 5) is 14.0. The van der Waals surface area contributed by atoms with E-state index in [0.29, 0.717) is 11.7 Å². The summed E-state index contributed by atoms with van der Waals surface area (Å²) in [6.45, 7) is 5.51. The van der Waals surface area contributed by atoms with Gasteiger partial charge in [0.25, 0.3) is 0 Å². The van der Waals surface area contributed by atoms with E-state index in [1.165, 1.54) is 25.9 Å². The van der Waals surface area contributed by atoms with Crippen LogP contribution in [0.2, 0.25) is 0 Å². The van der Waals surface area contributed by atoms with Crippen LogP contribution in [0.15, 0.2) is 0 Å². The Balaban J connectivity index is 2.03. The molecule has 0 amide bonds. The predicted molar refractivity (Wildman–Crippen MR) is 48.0 cm³/mol. The van der Waals surface area contributed by atoms with E-state index in [1.807, 2.05) is 6.92 Å². The highest BCUT2D eigenvalue weighted by Gasteiger charge is 2.36. The molecule has 3 aliphatic rings. The first kappa shape index (κ1) is 8.24. The molecule has 2 nitrogen and oxygen atoms in total. The average molecular weight is 167 g/mol. The molecule has 0 N–H and O–H groups in total. The molecule has 0 aromatic heterocycles. The fourth-order valence-electron chi connectivity index (χ4n) is 2.59. The minimum atomic E-state index is 0.387. The lowest BCUT2D eigenvalue weighted by atomic mass is 9.76. The summed E-state index contributed by atoms with van der Waals surface area (Å²) in [6, 6.07) is 0. The lowest BCUT2D eigenvalue weighted by Gasteiger charge is -2.44. The van der Waals surface area contributed by atoms with Gasteiger partial charge in [-0.2, -0.15) is 0 Å². The van der Waals surface area contributed by atoms with Gasteiger partial charge in [-0.1, -0.05) is 6.92 Å². The van der Waals surface area contributed by atoms with Gasteiger partial charge in [-0.3, -0.25) is 4.79 Å². The molecule has 2 heteroatoms. The van der Waals surface area contributed by atoms with Crippen LogP contribution in [0.25, 0.3) is 0 Å². The summed E-state index contributed by atoms with van der Waals surface area (Å²) in [5.41, 5.74) is 0. The molecule has 12 heavy (non-hydrogen) atoms. The largest absolute Gasteiger partial charge is 0.303 e. The highest BCUT2D eigenvalue weighted by Crippen LogP contribution is 2.33. The van der Waals surface area contributed by atoms with Crippen molar-refractivity contribution in [3.05, 3.63) is 0 Å². The number of nitrogens with zero attached hydrogens (tertiary/aromatic N) is 1. The Labute approximate surface area is 73.9 Å². The van der Waals surface area contributed by atoms with Crippen LogP contribution in [-0.4, -0.2) is 30.3 Å². The molecule has 0 aromatic rings. The quantitative estimate of drug-likeness (QED) is 0.618. The third-order valence-electron chi connectivity index (χ3n) is 3.42. The normalized spacial score (nSPS) is 39.9. The lowest BCUT2D eigenvalue weighted by Crippen LogP contribution is -2.49. The fraction of sp³-hybridized carbons (Fsp3) is 0.900. The van der Waals surface area contributed by atoms with Crippen LogP contribution in [0.1, 0.15) is 26.2 Å². The van der Waals surface area contributed by atoms with Crippen LogP contribution in [0, 0.1) is 11.8 Å². The van der Waals surface area contributed by atoms with Gasteiger partial charge in [0.2, 0.25) is 0 Å². The Hall–Kier alpha value is -0.370. The number of carbonyl (C=O) groups excluding carboxylic acids is 1. The summed E-state index contributed by atoms with van der Waals surface area (Å²) in [5, 5.41) is 0. The third kappa shape index (κ3) is 1.28. The van der Waals surface area contributed by atoms with Crippen molar-refractivity contribution in [2.75, 3.05) is 19.6 Å². The maximum atomic E-state index is 11.5. The fourth-order valence-corrected chi connectivity index (χ4v) is 2.59. The van der Waals surface area contributed by atoms with E-state index >= 15 is 0 Å². The van der Waals surface area contributed by atoms with Crippen molar-refractivity contribution < 1.29 is 4.79 Å². The van der Waals surface area contributed by atoms with Crippen molar-refractivity contribution in [1.82, 2.24) is 4.90 Å². The number of ketones is 1. The molecule has 68 valence electrons. The summed E-state index contributed by atoms with van der Waals surface area (Å²) >= 11 is 0. The first-order valence-corrected chi connectivity index (χ1v) is 5.06. The molecule has 0 spiro atoms. The zero-order valence-electron chi connectivity index (χ0n) is 7.75. The van der Waals surface area contributed by atoms with Crippen LogP contribution in [0.3, 0.4) is 0 Å². The molecule has 0 saturated carbocycles. The molecular weight excluding hydrogens is 150 g/mol. The molecule has 2 bridgehead atoms. The molecular formula is C10H17NO. The van der Waals surface area contributed by atoms with E-state index < -0.39 is 0 Å². The van der Waals surface area contributed by atoms with Gasteiger partial charge in [-0.05, 0) is 31.8 Å². The third-order valence-corrected chi connectivity index (χ3v) is 3.42.